The number of fused-ring (bicyclic) bond motifs is 2. The van der Waals surface area contributed by atoms with Gasteiger partial charge in [0.25, 0.3) is 0 Å². The molecule has 6 heterocycles. The van der Waals surface area contributed by atoms with E-state index in [9.17, 15) is 26.3 Å². The zero-order chi connectivity index (χ0) is 36.9. The first-order chi connectivity index (χ1) is 23.7. The highest BCUT2D eigenvalue weighted by atomic mass is 19.4. The Bertz CT molecular complexity index is 1790. The van der Waals surface area contributed by atoms with Crippen LogP contribution in [-0.2, 0) is 9.59 Å². The number of aromatic amines is 2. The first-order valence-electron chi connectivity index (χ1n) is 15.4. The number of carbonyl (C=O) groups is 2. The topological polar surface area (TPSA) is 153 Å². The second-order valence-corrected chi connectivity index (χ2v) is 10.9. The first-order valence-corrected chi connectivity index (χ1v) is 15.4. The molecule has 0 aromatic carbocycles. The fourth-order valence-electron chi connectivity index (χ4n) is 4.71. The molecular weight excluding hydrogens is 670 g/mol. The molecule has 0 aliphatic carbocycles. The summed E-state index contributed by atoms with van der Waals surface area (Å²) in [6.07, 6.45) is 7.99. The van der Waals surface area contributed by atoms with Gasteiger partial charge in [-0.1, -0.05) is 26.7 Å². The van der Waals surface area contributed by atoms with Crippen molar-refractivity contribution in [3.8, 4) is 22.5 Å². The van der Waals surface area contributed by atoms with Crippen LogP contribution in [0.1, 0.15) is 65.5 Å². The van der Waals surface area contributed by atoms with E-state index in [1.54, 1.807) is 12.7 Å². The van der Waals surface area contributed by atoms with Crippen LogP contribution < -0.4 is 0 Å². The molecule has 0 amide bonds. The molecule has 0 unspecified atom stereocenters. The summed E-state index contributed by atoms with van der Waals surface area (Å²) in [5, 5.41) is 11.0. The minimum absolute atomic E-state index is 0.419. The SMILES string of the molecule is CCC[C@@H](C)n1cc(-c2ncnc3[nH]ccc23)cn1.CCC[C@H](C)n1cc(-c2ncnc3[nH]ccc23)cn1.O=CC(F)(F)F.O=CC(F)(F)F. The number of nitrogens with one attached hydrogen (secondary N) is 2. The standard InChI is InChI=1S/2C14H17N5.2C2HF3O/c2*1-3-4-10(2)19-8-11(7-18-19)13-12-5-6-15-14(12)17-9-16-13;2*3-2(4,5)1-6/h2*5-10H,3-4H2,1-2H3,(H,15,16,17);2*1H/t2*10-;;/m10../s1. The second kappa shape index (κ2) is 17.8. The highest BCUT2D eigenvalue weighted by molar-refractivity contribution is 5.90. The van der Waals surface area contributed by atoms with Gasteiger partial charge < -0.3 is 9.97 Å². The van der Waals surface area contributed by atoms with Crippen LogP contribution in [0.25, 0.3) is 44.6 Å². The fraction of sp³-hybridized carbons (Fsp3) is 0.375. The summed E-state index contributed by atoms with van der Waals surface area (Å²) in [7, 11) is 0. The molecule has 2 N–H and O–H groups in total. The van der Waals surface area contributed by atoms with Crippen LogP contribution in [0.2, 0.25) is 0 Å². The average Bonchev–Trinajstić information content (AvgIpc) is 3.91. The van der Waals surface area contributed by atoms with Crippen molar-refractivity contribution in [3.63, 3.8) is 0 Å². The maximum atomic E-state index is 10.4. The quantitative estimate of drug-likeness (QED) is 0.120. The van der Waals surface area contributed by atoms with Crippen molar-refractivity contribution in [1.29, 1.82) is 0 Å². The molecule has 12 nitrogen and oxygen atoms in total. The third kappa shape index (κ3) is 11.3. The van der Waals surface area contributed by atoms with Crippen LogP contribution in [0, 0.1) is 0 Å². The van der Waals surface area contributed by atoms with Gasteiger partial charge in [0.2, 0.25) is 12.6 Å². The Kier molecular flexibility index (Phi) is 13.9. The Labute approximate surface area is 282 Å². The van der Waals surface area contributed by atoms with Crippen molar-refractivity contribution in [1.82, 2.24) is 49.5 Å². The molecule has 0 spiro atoms. The van der Waals surface area contributed by atoms with E-state index in [-0.39, 0.29) is 0 Å². The summed E-state index contributed by atoms with van der Waals surface area (Å²) >= 11 is 0. The maximum Gasteiger partial charge on any atom is 0.446 e. The highest BCUT2D eigenvalue weighted by Gasteiger charge is 2.25. The average molecular weight is 707 g/mol. The van der Waals surface area contributed by atoms with Crippen molar-refractivity contribution in [2.24, 2.45) is 0 Å². The zero-order valence-electron chi connectivity index (χ0n) is 27.6. The molecule has 6 aromatic rings. The van der Waals surface area contributed by atoms with Gasteiger partial charge in [-0.3, -0.25) is 19.0 Å². The van der Waals surface area contributed by atoms with Crippen LogP contribution in [0.5, 0.6) is 0 Å². The predicted octanol–water partition coefficient (Wildman–Crippen LogP) is 7.86. The van der Waals surface area contributed by atoms with Gasteiger partial charge in [-0.2, -0.15) is 36.5 Å². The lowest BCUT2D eigenvalue weighted by atomic mass is 10.2. The number of hydrogen-bond acceptors (Lipinski definition) is 8. The van der Waals surface area contributed by atoms with E-state index >= 15 is 0 Å². The molecular formula is C32H36F6N10O2. The molecule has 0 aliphatic heterocycles. The number of aromatic nitrogens is 10. The number of H-pyrrole nitrogens is 2. The number of hydrogen-bond donors (Lipinski definition) is 2. The van der Waals surface area contributed by atoms with E-state index in [4.69, 9.17) is 9.59 Å². The molecule has 6 aromatic heterocycles. The van der Waals surface area contributed by atoms with Crippen LogP contribution in [0.3, 0.4) is 0 Å². The number of rotatable bonds is 8. The Morgan fingerprint density at radius 2 is 1.04 bits per heavy atom. The van der Waals surface area contributed by atoms with Crippen molar-refractivity contribution in [3.05, 3.63) is 62.0 Å². The molecule has 18 heteroatoms. The Hall–Kier alpha value is -5.42. The smallest absolute Gasteiger partial charge is 0.346 e. The molecule has 0 saturated heterocycles. The molecule has 50 heavy (non-hydrogen) atoms. The monoisotopic (exact) mass is 706 g/mol. The van der Waals surface area contributed by atoms with Gasteiger partial charge >= 0.3 is 12.4 Å². The molecule has 2 atom stereocenters. The van der Waals surface area contributed by atoms with E-state index in [1.165, 1.54) is 0 Å². The molecule has 0 radical (unpaired) electrons. The summed E-state index contributed by atoms with van der Waals surface area (Å²) in [6, 6.07) is 4.83. The normalized spacial score (nSPS) is 12.5. The predicted molar refractivity (Wildman–Crippen MR) is 174 cm³/mol. The zero-order valence-corrected chi connectivity index (χ0v) is 27.6. The molecule has 6 rings (SSSR count). The molecule has 268 valence electrons. The van der Waals surface area contributed by atoms with Crippen molar-refractivity contribution >= 4 is 34.6 Å². The van der Waals surface area contributed by atoms with Gasteiger partial charge in [0, 0.05) is 58.8 Å². The van der Waals surface area contributed by atoms with Crippen LogP contribution in [0.4, 0.5) is 26.3 Å². The number of carbonyl (C=O) groups excluding carboxylic acids is 2. The maximum absolute atomic E-state index is 10.4. The van der Waals surface area contributed by atoms with Crippen molar-refractivity contribution < 1.29 is 35.9 Å². The van der Waals surface area contributed by atoms with Gasteiger partial charge in [-0.25, -0.2) is 19.9 Å². The molecule has 0 saturated carbocycles. The summed E-state index contributed by atoms with van der Waals surface area (Å²) < 4.78 is 66.5. The van der Waals surface area contributed by atoms with Gasteiger partial charge in [-0.05, 0) is 38.8 Å². The lowest BCUT2D eigenvalue weighted by Crippen LogP contribution is -2.07. The van der Waals surface area contributed by atoms with Gasteiger partial charge in [-0.15, -0.1) is 0 Å². The summed E-state index contributed by atoms with van der Waals surface area (Å²) in [5.74, 6) is 0. The molecule has 0 bridgehead atoms. The van der Waals surface area contributed by atoms with E-state index < -0.39 is 24.9 Å². The van der Waals surface area contributed by atoms with Gasteiger partial charge in [0.15, 0.2) is 0 Å². The summed E-state index contributed by atoms with van der Waals surface area (Å²) in [5.41, 5.74) is 5.66. The Balaban J connectivity index is 0.000000206. The van der Waals surface area contributed by atoms with Crippen LogP contribution >= 0.6 is 0 Å². The molecule has 0 fully saturated rings. The fourth-order valence-corrected chi connectivity index (χ4v) is 4.71. The van der Waals surface area contributed by atoms with Crippen LogP contribution in [0.15, 0.2) is 62.0 Å². The van der Waals surface area contributed by atoms with E-state index in [0.717, 1.165) is 70.3 Å². The largest absolute Gasteiger partial charge is 0.446 e. The first kappa shape index (κ1) is 39.0. The highest BCUT2D eigenvalue weighted by Crippen LogP contribution is 2.27. The van der Waals surface area contributed by atoms with E-state index in [0.29, 0.717) is 12.1 Å². The summed E-state index contributed by atoms with van der Waals surface area (Å²) in [6.45, 7) is 8.75. The van der Waals surface area contributed by atoms with Crippen LogP contribution in [-0.4, -0.2) is 74.4 Å². The van der Waals surface area contributed by atoms with E-state index in [1.807, 2.05) is 46.3 Å². The number of alkyl halides is 6. The third-order valence-electron chi connectivity index (χ3n) is 7.04. The second-order valence-electron chi connectivity index (χ2n) is 10.9. The van der Waals surface area contributed by atoms with Crippen molar-refractivity contribution in [2.45, 2.75) is 77.8 Å². The van der Waals surface area contributed by atoms with Gasteiger partial charge in [0.05, 0.1) is 23.8 Å². The number of nitrogens with zero attached hydrogens (tertiary/aromatic N) is 8. The number of halogens is 6. The minimum Gasteiger partial charge on any atom is -0.346 e. The lowest BCUT2D eigenvalue weighted by molar-refractivity contribution is -0.156. The Morgan fingerprint density at radius 3 is 1.36 bits per heavy atom. The molecule has 0 aliphatic rings. The third-order valence-corrected chi connectivity index (χ3v) is 7.04. The van der Waals surface area contributed by atoms with E-state index in [2.05, 4.69) is 80.2 Å². The summed E-state index contributed by atoms with van der Waals surface area (Å²) in [4.78, 5) is 40.8. The lowest BCUT2D eigenvalue weighted by Gasteiger charge is -2.09. The minimum atomic E-state index is -4.64. The Morgan fingerprint density at radius 1 is 0.680 bits per heavy atom. The number of aldehydes is 2. The van der Waals surface area contributed by atoms with Crippen molar-refractivity contribution in [2.75, 3.05) is 0 Å². The van der Waals surface area contributed by atoms with Gasteiger partial charge in [0.1, 0.15) is 23.9 Å².